The highest BCUT2D eigenvalue weighted by molar-refractivity contribution is 7.12. The van der Waals surface area contributed by atoms with Crippen LogP contribution in [0.25, 0.3) is 0 Å². The van der Waals surface area contributed by atoms with E-state index in [1.807, 2.05) is 24.4 Å². The molecule has 0 saturated heterocycles. The van der Waals surface area contributed by atoms with Crippen LogP contribution in [-0.4, -0.2) is 11.6 Å². The van der Waals surface area contributed by atoms with Crippen LogP contribution < -0.4 is 5.43 Å². The van der Waals surface area contributed by atoms with E-state index in [0.29, 0.717) is 10.6 Å². The first-order chi connectivity index (χ1) is 8.68. The molecule has 0 atom stereocenters. The number of amides is 1. The lowest BCUT2D eigenvalue weighted by molar-refractivity contribution is 0.0955. The number of halogens is 1. The average Bonchev–Trinajstić information content (AvgIpc) is 2.90. The van der Waals surface area contributed by atoms with Gasteiger partial charge in [0.25, 0.3) is 5.91 Å². The SMILES string of the molecule is CC(=NNC(=O)c1ccccc1Cl)c1cccs1. The van der Waals surface area contributed by atoms with E-state index < -0.39 is 0 Å². The minimum atomic E-state index is -0.309. The smallest absolute Gasteiger partial charge is 0.267 e. The topological polar surface area (TPSA) is 41.5 Å². The van der Waals surface area contributed by atoms with Gasteiger partial charge < -0.3 is 0 Å². The van der Waals surface area contributed by atoms with Gasteiger partial charge in [-0.15, -0.1) is 11.3 Å². The van der Waals surface area contributed by atoms with Crippen molar-refractivity contribution < 1.29 is 4.79 Å². The van der Waals surface area contributed by atoms with E-state index in [2.05, 4.69) is 10.5 Å². The van der Waals surface area contributed by atoms with E-state index >= 15 is 0 Å². The van der Waals surface area contributed by atoms with Crippen LogP contribution >= 0.6 is 22.9 Å². The highest BCUT2D eigenvalue weighted by Crippen LogP contribution is 2.14. The Hall–Kier alpha value is -1.65. The molecule has 1 aromatic heterocycles. The number of hydrogen-bond acceptors (Lipinski definition) is 3. The van der Waals surface area contributed by atoms with Crippen LogP contribution in [0.1, 0.15) is 22.2 Å². The monoisotopic (exact) mass is 278 g/mol. The van der Waals surface area contributed by atoms with Gasteiger partial charge in [0, 0.05) is 4.88 Å². The Bertz CT molecular complexity index is 578. The summed E-state index contributed by atoms with van der Waals surface area (Å²) in [6.45, 7) is 1.85. The molecule has 1 N–H and O–H groups in total. The van der Waals surface area contributed by atoms with Crippen LogP contribution in [0.5, 0.6) is 0 Å². The van der Waals surface area contributed by atoms with Crippen molar-refractivity contribution >= 4 is 34.6 Å². The molecule has 0 aliphatic heterocycles. The molecule has 0 aliphatic rings. The van der Waals surface area contributed by atoms with Crippen LogP contribution in [0.4, 0.5) is 0 Å². The van der Waals surface area contributed by atoms with Crippen molar-refractivity contribution in [2.75, 3.05) is 0 Å². The number of rotatable bonds is 3. The van der Waals surface area contributed by atoms with Crippen molar-refractivity contribution in [1.82, 2.24) is 5.43 Å². The van der Waals surface area contributed by atoms with Gasteiger partial charge in [0.1, 0.15) is 0 Å². The highest BCUT2D eigenvalue weighted by atomic mass is 35.5. The molecular weight excluding hydrogens is 268 g/mol. The molecule has 1 heterocycles. The van der Waals surface area contributed by atoms with Gasteiger partial charge in [0.2, 0.25) is 0 Å². The molecule has 1 aromatic carbocycles. The molecule has 0 bridgehead atoms. The average molecular weight is 279 g/mol. The lowest BCUT2D eigenvalue weighted by Gasteiger charge is -2.03. The lowest BCUT2D eigenvalue weighted by Crippen LogP contribution is -2.19. The summed E-state index contributed by atoms with van der Waals surface area (Å²) in [6.07, 6.45) is 0. The van der Waals surface area contributed by atoms with Gasteiger partial charge in [-0.2, -0.15) is 5.10 Å². The zero-order valence-corrected chi connectivity index (χ0v) is 11.3. The molecule has 2 aromatic rings. The molecule has 3 nitrogen and oxygen atoms in total. The molecular formula is C13H11ClN2OS. The zero-order chi connectivity index (χ0) is 13.0. The maximum absolute atomic E-state index is 11.8. The van der Waals surface area contributed by atoms with Crippen LogP contribution in [-0.2, 0) is 0 Å². The molecule has 2 rings (SSSR count). The quantitative estimate of drug-likeness (QED) is 0.677. The first-order valence-corrected chi connectivity index (χ1v) is 6.57. The third kappa shape index (κ3) is 2.97. The summed E-state index contributed by atoms with van der Waals surface area (Å²) in [6, 6.07) is 10.8. The summed E-state index contributed by atoms with van der Waals surface area (Å²) in [7, 11) is 0. The summed E-state index contributed by atoms with van der Waals surface area (Å²) in [5.74, 6) is -0.309. The molecule has 0 aliphatic carbocycles. The van der Waals surface area contributed by atoms with Crippen LogP contribution in [0.2, 0.25) is 5.02 Å². The fraction of sp³-hybridized carbons (Fsp3) is 0.0769. The number of carbonyl (C=O) groups excluding carboxylic acids is 1. The first-order valence-electron chi connectivity index (χ1n) is 5.31. The predicted molar refractivity (Wildman–Crippen MR) is 75.4 cm³/mol. The molecule has 0 fully saturated rings. The van der Waals surface area contributed by atoms with Crippen LogP contribution in [0.15, 0.2) is 46.9 Å². The van der Waals surface area contributed by atoms with Crippen molar-refractivity contribution in [3.8, 4) is 0 Å². The van der Waals surface area contributed by atoms with Crippen molar-refractivity contribution in [2.45, 2.75) is 6.92 Å². The molecule has 0 radical (unpaired) electrons. The van der Waals surface area contributed by atoms with Gasteiger partial charge in [0.15, 0.2) is 0 Å². The maximum Gasteiger partial charge on any atom is 0.272 e. The van der Waals surface area contributed by atoms with Crippen molar-refractivity contribution in [3.63, 3.8) is 0 Å². The summed E-state index contributed by atoms with van der Waals surface area (Å²) >= 11 is 7.50. The van der Waals surface area contributed by atoms with E-state index in [1.165, 1.54) is 0 Å². The van der Waals surface area contributed by atoms with Crippen molar-refractivity contribution in [2.24, 2.45) is 5.10 Å². The van der Waals surface area contributed by atoms with E-state index in [9.17, 15) is 4.79 Å². The minimum absolute atomic E-state index is 0.309. The summed E-state index contributed by atoms with van der Waals surface area (Å²) < 4.78 is 0. The van der Waals surface area contributed by atoms with Gasteiger partial charge in [-0.05, 0) is 30.5 Å². The normalized spacial score (nSPS) is 11.3. The maximum atomic E-state index is 11.8. The fourth-order valence-corrected chi connectivity index (χ4v) is 2.28. The Labute approximate surface area is 114 Å². The Kier molecular flexibility index (Phi) is 4.12. The van der Waals surface area contributed by atoms with E-state index in [4.69, 9.17) is 11.6 Å². The number of hydrogen-bond donors (Lipinski definition) is 1. The molecule has 0 unspecified atom stereocenters. The Morgan fingerprint density at radius 2 is 2.06 bits per heavy atom. The number of nitrogens with zero attached hydrogens (tertiary/aromatic N) is 1. The van der Waals surface area contributed by atoms with E-state index in [-0.39, 0.29) is 5.91 Å². The number of nitrogens with one attached hydrogen (secondary N) is 1. The second-order valence-electron chi connectivity index (χ2n) is 3.60. The Morgan fingerprint density at radius 3 is 2.72 bits per heavy atom. The number of thiophene rings is 1. The summed E-state index contributed by atoms with van der Waals surface area (Å²) in [5.41, 5.74) is 3.69. The van der Waals surface area contributed by atoms with Crippen LogP contribution in [0.3, 0.4) is 0 Å². The van der Waals surface area contributed by atoms with Crippen LogP contribution in [0, 0.1) is 0 Å². The highest BCUT2D eigenvalue weighted by Gasteiger charge is 2.08. The first kappa shape index (κ1) is 12.8. The minimum Gasteiger partial charge on any atom is -0.267 e. The summed E-state index contributed by atoms with van der Waals surface area (Å²) in [4.78, 5) is 12.9. The predicted octanol–water partition coefficient (Wildman–Crippen LogP) is 3.56. The lowest BCUT2D eigenvalue weighted by atomic mass is 10.2. The number of hydrazone groups is 1. The molecule has 92 valence electrons. The second-order valence-corrected chi connectivity index (χ2v) is 4.95. The molecule has 5 heteroatoms. The second kappa shape index (κ2) is 5.80. The van der Waals surface area contributed by atoms with Gasteiger partial charge in [0.05, 0.1) is 16.3 Å². The third-order valence-electron chi connectivity index (χ3n) is 2.32. The Morgan fingerprint density at radius 1 is 1.28 bits per heavy atom. The van der Waals surface area contributed by atoms with E-state index in [0.717, 1.165) is 10.6 Å². The molecule has 1 amide bonds. The van der Waals surface area contributed by atoms with Crippen molar-refractivity contribution in [1.29, 1.82) is 0 Å². The standard InChI is InChI=1S/C13H11ClN2OS/c1-9(12-7-4-8-18-12)15-16-13(17)10-5-2-3-6-11(10)14/h2-8H,1H3,(H,16,17). The summed E-state index contributed by atoms with van der Waals surface area (Å²) in [5, 5.41) is 6.43. The van der Waals surface area contributed by atoms with Gasteiger partial charge in [-0.3, -0.25) is 4.79 Å². The zero-order valence-electron chi connectivity index (χ0n) is 9.68. The van der Waals surface area contributed by atoms with Gasteiger partial charge in [-0.25, -0.2) is 5.43 Å². The van der Waals surface area contributed by atoms with Gasteiger partial charge >= 0.3 is 0 Å². The fourth-order valence-electron chi connectivity index (χ4n) is 1.38. The van der Waals surface area contributed by atoms with Gasteiger partial charge in [-0.1, -0.05) is 29.8 Å². The Balaban J connectivity index is 2.09. The number of carbonyl (C=O) groups is 1. The number of benzene rings is 1. The molecule has 0 saturated carbocycles. The van der Waals surface area contributed by atoms with E-state index in [1.54, 1.807) is 35.6 Å². The molecule has 18 heavy (non-hydrogen) atoms. The third-order valence-corrected chi connectivity index (χ3v) is 3.63. The van der Waals surface area contributed by atoms with Crippen molar-refractivity contribution in [3.05, 3.63) is 57.2 Å². The largest absolute Gasteiger partial charge is 0.272 e. The molecule has 0 spiro atoms.